The van der Waals surface area contributed by atoms with Gasteiger partial charge in [0.1, 0.15) is 0 Å². The Morgan fingerprint density at radius 2 is 1.87 bits per heavy atom. The minimum Gasteiger partial charge on any atom is -0.381 e. The summed E-state index contributed by atoms with van der Waals surface area (Å²) < 4.78 is 5.23. The van der Waals surface area contributed by atoms with E-state index in [-0.39, 0.29) is 12.1 Å². The summed E-state index contributed by atoms with van der Waals surface area (Å²) in [6.45, 7) is 3.41. The van der Waals surface area contributed by atoms with Gasteiger partial charge in [0.2, 0.25) is 0 Å². The van der Waals surface area contributed by atoms with Crippen LogP contribution in [-0.2, 0) is 4.74 Å². The first kappa shape index (κ1) is 10.7. The number of urea groups is 1. The third-order valence-corrected chi connectivity index (χ3v) is 2.95. The summed E-state index contributed by atoms with van der Waals surface area (Å²) in [6.07, 6.45) is 2.88. The molecule has 0 saturated carbocycles. The van der Waals surface area contributed by atoms with E-state index in [0.717, 1.165) is 45.6 Å². The van der Waals surface area contributed by atoms with E-state index in [1.165, 1.54) is 0 Å². The lowest BCUT2D eigenvalue weighted by Gasteiger charge is -2.24. The number of amides is 2. The third-order valence-electron chi connectivity index (χ3n) is 2.95. The van der Waals surface area contributed by atoms with Gasteiger partial charge in [-0.2, -0.15) is 0 Å². The molecule has 2 rings (SSSR count). The molecule has 0 aliphatic carbocycles. The molecule has 2 saturated heterocycles. The lowest BCUT2D eigenvalue weighted by atomic mass is 10.1. The topological polar surface area (TPSA) is 62.4 Å². The van der Waals surface area contributed by atoms with Gasteiger partial charge in [-0.3, -0.25) is 0 Å². The maximum atomic E-state index is 11.6. The van der Waals surface area contributed by atoms with Crippen molar-refractivity contribution in [3.63, 3.8) is 0 Å². The Balaban J connectivity index is 1.66. The number of ether oxygens (including phenoxy) is 1. The predicted octanol–water partition coefficient (Wildman–Crippen LogP) is -0.173. The smallest absolute Gasteiger partial charge is 0.315 e. The summed E-state index contributed by atoms with van der Waals surface area (Å²) in [5, 5.41) is 9.18. The van der Waals surface area contributed by atoms with E-state index in [0.29, 0.717) is 6.04 Å². The van der Waals surface area contributed by atoms with Crippen molar-refractivity contribution < 1.29 is 9.53 Å². The lowest BCUT2D eigenvalue weighted by Crippen LogP contribution is -2.48. The summed E-state index contributed by atoms with van der Waals surface area (Å²) >= 11 is 0. The number of nitrogens with one attached hydrogen (secondary N) is 3. The SMILES string of the molecule is O=C(NC1CCOCC1)NC1CCNC1. The van der Waals surface area contributed by atoms with Gasteiger partial charge in [0.25, 0.3) is 0 Å². The number of carbonyl (C=O) groups excluding carboxylic acids is 1. The van der Waals surface area contributed by atoms with Crippen molar-refractivity contribution in [2.24, 2.45) is 0 Å². The molecule has 15 heavy (non-hydrogen) atoms. The van der Waals surface area contributed by atoms with Gasteiger partial charge in [0.05, 0.1) is 0 Å². The molecule has 2 aliphatic rings. The lowest BCUT2D eigenvalue weighted by molar-refractivity contribution is 0.0800. The molecule has 3 N–H and O–H groups in total. The van der Waals surface area contributed by atoms with E-state index in [1.54, 1.807) is 0 Å². The van der Waals surface area contributed by atoms with E-state index in [1.807, 2.05) is 0 Å². The molecule has 2 fully saturated rings. The standard InChI is InChI=1S/C10H19N3O2/c14-10(13-9-1-4-11-7-9)12-8-2-5-15-6-3-8/h8-9,11H,1-7H2,(H2,12,13,14). The van der Waals surface area contributed by atoms with Crippen LogP contribution in [-0.4, -0.2) is 44.4 Å². The van der Waals surface area contributed by atoms with Gasteiger partial charge in [0, 0.05) is 31.8 Å². The second-order valence-electron chi connectivity index (χ2n) is 4.19. The third kappa shape index (κ3) is 3.35. The minimum absolute atomic E-state index is 0.0319. The highest BCUT2D eigenvalue weighted by atomic mass is 16.5. The maximum absolute atomic E-state index is 11.6. The number of carbonyl (C=O) groups is 1. The van der Waals surface area contributed by atoms with Crippen LogP contribution < -0.4 is 16.0 Å². The van der Waals surface area contributed by atoms with Crippen molar-refractivity contribution in [2.45, 2.75) is 31.3 Å². The van der Waals surface area contributed by atoms with Crippen LogP contribution in [0.1, 0.15) is 19.3 Å². The van der Waals surface area contributed by atoms with Crippen molar-refractivity contribution in [1.29, 1.82) is 0 Å². The Labute approximate surface area is 89.9 Å². The Morgan fingerprint density at radius 1 is 1.13 bits per heavy atom. The van der Waals surface area contributed by atoms with Crippen molar-refractivity contribution >= 4 is 6.03 Å². The van der Waals surface area contributed by atoms with Crippen LogP contribution in [0.3, 0.4) is 0 Å². The van der Waals surface area contributed by atoms with Crippen LogP contribution in [0.5, 0.6) is 0 Å². The van der Waals surface area contributed by atoms with Crippen molar-refractivity contribution in [2.75, 3.05) is 26.3 Å². The van der Waals surface area contributed by atoms with Gasteiger partial charge in [-0.15, -0.1) is 0 Å². The highest BCUT2D eigenvalue weighted by Gasteiger charge is 2.19. The molecule has 1 unspecified atom stereocenters. The average Bonchev–Trinajstić information content (AvgIpc) is 2.71. The quantitative estimate of drug-likeness (QED) is 0.596. The molecule has 5 heteroatoms. The predicted molar refractivity (Wildman–Crippen MR) is 56.8 cm³/mol. The molecule has 0 radical (unpaired) electrons. The van der Waals surface area contributed by atoms with Crippen LogP contribution in [0.2, 0.25) is 0 Å². The first-order valence-corrected chi connectivity index (χ1v) is 5.70. The number of hydrogen-bond acceptors (Lipinski definition) is 3. The van der Waals surface area contributed by atoms with Crippen LogP contribution in [0.4, 0.5) is 4.79 Å². The Morgan fingerprint density at radius 3 is 2.53 bits per heavy atom. The van der Waals surface area contributed by atoms with Crippen molar-refractivity contribution in [1.82, 2.24) is 16.0 Å². The summed E-state index contributed by atoms with van der Waals surface area (Å²) in [4.78, 5) is 11.6. The molecule has 1 atom stereocenters. The molecule has 86 valence electrons. The molecule has 2 aliphatic heterocycles. The summed E-state index contributed by atoms with van der Waals surface area (Å²) in [5.74, 6) is 0. The van der Waals surface area contributed by atoms with E-state index in [9.17, 15) is 4.79 Å². The zero-order valence-corrected chi connectivity index (χ0v) is 8.92. The molecule has 0 aromatic rings. The summed E-state index contributed by atoms with van der Waals surface area (Å²) in [5.41, 5.74) is 0. The van der Waals surface area contributed by atoms with E-state index < -0.39 is 0 Å². The van der Waals surface area contributed by atoms with Gasteiger partial charge in [-0.1, -0.05) is 0 Å². The van der Waals surface area contributed by atoms with E-state index >= 15 is 0 Å². The average molecular weight is 213 g/mol. The highest BCUT2D eigenvalue weighted by Crippen LogP contribution is 2.06. The second kappa shape index (κ2) is 5.32. The van der Waals surface area contributed by atoms with Crippen LogP contribution in [0, 0.1) is 0 Å². The van der Waals surface area contributed by atoms with Crippen molar-refractivity contribution in [3.8, 4) is 0 Å². The summed E-state index contributed by atoms with van der Waals surface area (Å²) in [6, 6.07) is 0.550. The first-order chi connectivity index (χ1) is 7.34. The monoisotopic (exact) mass is 213 g/mol. The molecule has 0 spiro atoms. The molecule has 0 bridgehead atoms. The molecule has 5 nitrogen and oxygen atoms in total. The molecule has 0 aromatic carbocycles. The molecular weight excluding hydrogens is 194 g/mol. The molecule has 0 aromatic heterocycles. The van der Waals surface area contributed by atoms with Gasteiger partial charge >= 0.3 is 6.03 Å². The molecule has 2 heterocycles. The van der Waals surface area contributed by atoms with Crippen LogP contribution >= 0.6 is 0 Å². The van der Waals surface area contributed by atoms with E-state index in [2.05, 4.69) is 16.0 Å². The Bertz CT molecular complexity index is 211. The summed E-state index contributed by atoms with van der Waals surface area (Å²) in [7, 11) is 0. The molecule has 2 amide bonds. The largest absolute Gasteiger partial charge is 0.381 e. The minimum atomic E-state index is -0.0319. The first-order valence-electron chi connectivity index (χ1n) is 5.70. The number of hydrogen-bond donors (Lipinski definition) is 3. The zero-order valence-electron chi connectivity index (χ0n) is 8.92. The van der Waals surface area contributed by atoms with Gasteiger partial charge in [-0.05, 0) is 25.8 Å². The van der Waals surface area contributed by atoms with E-state index in [4.69, 9.17) is 4.74 Å². The van der Waals surface area contributed by atoms with Crippen LogP contribution in [0.15, 0.2) is 0 Å². The van der Waals surface area contributed by atoms with Gasteiger partial charge in [-0.25, -0.2) is 4.79 Å². The van der Waals surface area contributed by atoms with Gasteiger partial charge in [0.15, 0.2) is 0 Å². The fourth-order valence-electron chi connectivity index (χ4n) is 2.03. The normalized spacial score (nSPS) is 27.6. The molecular formula is C10H19N3O2. The van der Waals surface area contributed by atoms with Crippen LogP contribution in [0.25, 0.3) is 0 Å². The second-order valence-corrected chi connectivity index (χ2v) is 4.19. The fraction of sp³-hybridized carbons (Fsp3) is 0.900. The zero-order chi connectivity index (χ0) is 10.5. The Kier molecular flexibility index (Phi) is 3.80. The maximum Gasteiger partial charge on any atom is 0.315 e. The number of rotatable bonds is 2. The highest BCUT2D eigenvalue weighted by molar-refractivity contribution is 5.74. The Hall–Kier alpha value is -0.810. The fourth-order valence-corrected chi connectivity index (χ4v) is 2.03. The van der Waals surface area contributed by atoms with Gasteiger partial charge < -0.3 is 20.7 Å². The van der Waals surface area contributed by atoms with Crippen molar-refractivity contribution in [3.05, 3.63) is 0 Å².